The zero-order chi connectivity index (χ0) is 17.4. The van der Waals surface area contributed by atoms with E-state index in [9.17, 15) is 9.18 Å². The average Bonchev–Trinajstić information content (AvgIpc) is 3.43. The molecule has 1 saturated carbocycles. The van der Waals surface area contributed by atoms with Gasteiger partial charge in [-0.05, 0) is 54.7 Å². The van der Waals surface area contributed by atoms with Crippen LogP contribution in [0.2, 0.25) is 0 Å². The maximum absolute atomic E-state index is 13.0. The minimum Gasteiger partial charge on any atom is -0.368 e. The van der Waals surface area contributed by atoms with Gasteiger partial charge in [-0.15, -0.1) is 0 Å². The van der Waals surface area contributed by atoms with Crippen molar-refractivity contribution in [1.82, 2.24) is 4.90 Å². The third-order valence-electron chi connectivity index (χ3n) is 5.36. The van der Waals surface area contributed by atoms with Gasteiger partial charge in [-0.25, -0.2) is 4.39 Å². The van der Waals surface area contributed by atoms with Crippen molar-refractivity contribution in [3.8, 4) is 0 Å². The Hall–Kier alpha value is -2.36. The first-order valence-corrected chi connectivity index (χ1v) is 8.98. The summed E-state index contributed by atoms with van der Waals surface area (Å²) in [5.41, 5.74) is 3.58. The van der Waals surface area contributed by atoms with Crippen molar-refractivity contribution in [2.24, 2.45) is 5.92 Å². The van der Waals surface area contributed by atoms with Crippen molar-refractivity contribution in [3.05, 3.63) is 65.5 Å². The van der Waals surface area contributed by atoms with Gasteiger partial charge in [0, 0.05) is 37.8 Å². The number of hydrogen-bond donors (Lipinski definition) is 0. The number of carbonyl (C=O) groups is 1. The lowest BCUT2D eigenvalue weighted by Gasteiger charge is -2.36. The molecule has 1 amide bonds. The summed E-state index contributed by atoms with van der Waals surface area (Å²) < 4.78 is 13.0. The Morgan fingerprint density at radius 3 is 2.44 bits per heavy atom. The molecule has 1 heterocycles. The summed E-state index contributed by atoms with van der Waals surface area (Å²) in [7, 11) is 0. The molecule has 0 radical (unpaired) electrons. The number of rotatable bonds is 3. The van der Waals surface area contributed by atoms with Gasteiger partial charge in [-0.2, -0.15) is 0 Å². The third kappa shape index (κ3) is 3.39. The molecule has 0 bridgehead atoms. The fourth-order valence-electron chi connectivity index (χ4n) is 3.79. The predicted octanol–water partition coefficient (Wildman–Crippen LogP) is 3.59. The van der Waals surface area contributed by atoms with E-state index >= 15 is 0 Å². The topological polar surface area (TPSA) is 23.6 Å². The molecule has 1 aliphatic carbocycles. The Labute approximate surface area is 148 Å². The highest BCUT2D eigenvalue weighted by Crippen LogP contribution is 2.48. The van der Waals surface area contributed by atoms with E-state index in [0.717, 1.165) is 38.2 Å². The van der Waals surface area contributed by atoms with Gasteiger partial charge in [0.25, 0.3) is 0 Å². The van der Waals surface area contributed by atoms with Crippen LogP contribution >= 0.6 is 0 Å². The number of aryl methyl sites for hydroxylation is 1. The minimum absolute atomic E-state index is 0.0796. The van der Waals surface area contributed by atoms with Crippen LogP contribution in [0.5, 0.6) is 0 Å². The van der Waals surface area contributed by atoms with E-state index in [1.807, 2.05) is 17.0 Å². The Bertz CT molecular complexity index is 766. The van der Waals surface area contributed by atoms with Crippen LogP contribution in [0.1, 0.15) is 23.5 Å². The van der Waals surface area contributed by atoms with Gasteiger partial charge in [0.05, 0.1) is 0 Å². The summed E-state index contributed by atoms with van der Waals surface area (Å²) in [6, 6.07) is 15.1. The third-order valence-corrected chi connectivity index (χ3v) is 5.36. The molecular weight excluding hydrogens is 315 g/mol. The molecule has 25 heavy (non-hydrogen) atoms. The largest absolute Gasteiger partial charge is 0.368 e. The van der Waals surface area contributed by atoms with Crippen molar-refractivity contribution < 1.29 is 9.18 Å². The summed E-state index contributed by atoms with van der Waals surface area (Å²) in [6.07, 6.45) is 0.891. The highest BCUT2D eigenvalue weighted by atomic mass is 19.1. The molecule has 4 rings (SSSR count). The predicted molar refractivity (Wildman–Crippen MR) is 97.2 cm³/mol. The molecule has 2 fully saturated rings. The van der Waals surface area contributed by atoms with Crippen molar-refractivity contribution in [3.63, 3.8) is 0 Å². The summed E-state index contributed by atoms with van der Waals surface area (Å²) in [6.45, 7) is 5.41. The molecule has 0 spiro atoms. The van der Waals surface area contributed by atoms with Gasteiger partial charge >= 0.3 is 0 Å². The van der Waals surface area contributed by atoms with E-state index in [1.165, 1.54) is 23.4 Å². The van der Waals surface area contributed by atoms with Crippen molar-refractivity contribution >= 4 is 11.6 Å². The number of carbonyl (C=O) groups excluding carboxylic acids is 1. The van der Waals surface area contributed by atoms with E-state index in [-0.39, 0.29) is 23.6 Å². The highest BCUT2D eigenvalue weighted by molar-refractivity contribution is 5.83. The molecule has 2 atom stereocenters. The van der Waals surface area contributed by atoms with Gasteiger partial charge in [0.15, 0.2) is 0 Å². The second-order valence-corrected chi connectivity index (χ2v) is 7.15. The number of hydrogen-bond acceptors (Lipinski definition) is 2. The normalized spacial score (nSPS) is 22.8. The molecule has 2 aromatic rings. The maximum atomic E-state index is 13.0. The van der Waals surface area contributed by atoms with Crippen molar-refractivity contribution in [1.29, 1.82) is 0 Å². The second-order valence-electron chi connectivity index (χ2n) is 7.15. The summed E-state index contributed by atoms with van der Waals surface area (Å²) >= 11 is 0. The van der Waals surface area contributed by atoms with Crippen LogP contribution in [0.3, 0.4) is 0 Å². The zero-order valence-electron chi connectivity index (χ0n) is 14.5. The van der Waals surface area contributed by atoms with E-state index in [4.69, 9.17) is 0 Å². The minimum atomic E-state index is -0.223. The molecule has 1 saturated heterocycles. The quantitative estimate of drug-likeness (QED) is 0.854. The Morgan fingerprint density at radius 2 is 1.76 bits per heavy atom. The lowest BCUT2D eigenvalue weighted by molar-refractivity contribution is -0.132. The first-order chi connectivity index (χ1) is 12.1. The number of amides is 1. The summed E-state index contributed by atoms with van der Waals surface area (Å²) in [5.74, 6) is 0.386. The van der Waals surface area contributed by atoms with Crippen LogP contribution in [-0.4, -0.2) is 37.0 Å². The van der Waals surface area contributed by atoms with E-state index in [2.05, 4.69) is 36.1 Å². The molecule has 0 aromatic heterocycles. The van der Waals surface area contributed by atoms with Crippen LogP contribution in [0.15, 0.2) is 48.5 Å². The van der Waals surface area contributed by atoms with Gasteiger partial charge in [0.1, 0.15) is 5.82 Å². The monoisotopic (exact) mass is 338 g/mol. The smallest absolute Gasteiger partial charge is 0.226 e. The van der Waals surface area contributed by atoms with Crippen molar-refractivity contribution in [2.45, 2.75) is 19.3 Å². The number of halogens is 1. The first kappa shape index (κ1) is 16.1. The zero-order valence-corrected chi connectivity index (χ0v) is 14.5. The van der Waals surface area contributed by atoms with Crippen molar-refractivity contribution in [2.75, 3.05) is 31.1 Å². The Balaban J connectivity index is 1.34. The Kier molecular flexibility index (Phi) is 4.20. The molecule has 1 aliphatic heterocycles. The number of piperazine rings is 1. The standard InChI is InChI=1S/C21H23FN2O/c1-15-3-2-4-18(13-15)23-9-11-24(12-10-23)21(25)20-14-19(20)16-5-7-17(22)8-6-16/h2-8,13,19-20H,9-12,14H2,1H3. The molecule has 0 N–H and O–H groups in total. The second kappa shape index (κ2) is 6.51. The molecule has 2 aromatic carbocycles. The molecule has 4 heteroatoms. The average molecular weight is 338 g/mol. The maximum Gasteiger partial charge on any atom is 0.226 e. The first-order valence-electron chi connectivity index (χ1n) is 8.98. The van der Waals surface area contributed by atoms with E-state index in [1.54, 1.807) is 0 Å². The van der Waals surface area contributed by atoms with E-state index in [0.29, 0.717) is 0 Å². The van der Waals surface area contributed by atoms with Crippen LogP contribution in [0, 0.1) is 18.7 Å². The summed E-state index contributed by atoms with van der Waals surface area (Å²) in [4.78, 5) is 17.1. The molecule has 3 nitrogen and oxygen atoms in total. The van der Waals surface area contributed by atoms with Crippen LogP contribution in [-0.2, 0) is 4.79 Å². The molecule has 130 valence electrons. The number of anilines is 1. The molecule has 2 aliphatic rings. The highest BCUT2D eigenvalue weighted by Gasteiger charge is 2.46. The lowest BCUT2D eigenvalue weighted by atomic mass is 10.1. The van der Waals surface area contributed by atoms with E-state index < -0.39 is 0 Å². The van der Waals surface area contributed by atoms with Gasteiger partial charge < -0.3 is 9.80 Å². The SMILES string of the molecule is Cc1cccc(N2CCN(C(=O)C3CC3c3ccc(F)cc3)CC2)c1. The summed E-state index contributed by atoms with van der Waals surface area (Å²) in [5, 5.41) is 0. The fourth-order valence-corrected chi connectivity index (χ4v) is 3.79. The van der Waals surface area contributed by atoms with Crippen LogP contribution in [0.25, 0.3) is 0 Å². The number of nitrogens with zero attached hydrogens (tertiary/aromatic N) is 2. The number of benzene rings is 2. The Morgan fingerprint density at radius 1 is 1.04 bits per heavy atom. The van der Waals surface area contributed by atoms with Crippen LogP contribution < -0.4 is 4.90 Å². The molecule has 2 unspecified atom stereocenters. The van der Waals surface area contributed by atoms with Gasteiger partial charge in [-0.3, -0.25) is 4.79 Å². The van der Waals surface area contributed by atoms with Gasteiger partial charge in [-0.1, -0.05) is 24.3 Å². The van der Waals surface area contributed by atoms with Gasteiger partial charge in [0.2, 0.25) is 5.91 Å². The lowest BCUT2D eigenvalue weighted by Crippen LogP contribution is -2.49. The van der Waals surface area contributed by atoms with Crippen LogP contribution in [0.4, 0.5) is 10.1 Å². The molecular formula is C21H23FN2O. The fraction of sp³-hybridized carbons (Fsp3) is 0.381.